The number of para-hydroxylation sites is 1. The van der Waals surface area contributed by atoms with Gasteiger partial charge in [0, 0.05) is 18.0 Å². The molecule has 0 unspecified atom stereocenters. The Bertz CT molecular complexity index is 647. The lowest BCUT2D eigenvalue weighted by Crippen LogP contribution is -1.98. The van der Waals surface area contributed by atoms with Crippen LogP contribution in [0.3, 0.4) is 0 Å². The predicted octanol–water partition coefficient (Wildman–Crippen LogP) is 3.42. The Labute approximate surface area is 106 Å². The number of nitrogens with zero attached hydrogens (tertiary/aromatic N) is 2. The van der Waals surface area contributed by atoms with Gasteiger partial charge in [-0.15, -0.1) is 0 Å². The molecule has 88 valence electrons. The van der Waals surface area contributed by atoms with Crippen LogP contribution in [0.4, 0.5) is 0 Å². The molecule has 18 heavy (non-hydrogen) atoms. The maximum atomic E-state index is 4.58. The number of aryl methyl sites for hydroxylation is 2. The summed E-state index contributed by atoms with van der Waals surface area (Å²) in [5.41, 5.74) is 2.35. The van der Waals surface area contributed by atoms with E-state index >= 15 is 0 Å². The van der Waals surface area contributed by atoms with Crippen molar-refractivity contribution in [2.45, 2.75) is 12.8 Å². The smallest absolute Gasteiger partial charge is 0.129 e. The fraction of sp³-hybridized carbons (Fsp3) is 0.125. The van der Waals surface area contributed by atoms with Gasteiger partial charge in [0.2, 0.25) is 0 Å². The first kappa shape index (κ1) is 10.9. The van der Waals surface area contributed by atoms with E-state index in [0.717, 1.165) is 29.6 Å². The van der Waals surface area contributed by atoms with Crippen LogP contribution in [-0.4, -0.2) is 9.97 Å². The minimum Gasteiger partial charge on any atom is -0.241 e. The van der Waals surface area contributed by atoms with Gasteiger partial charge in [-0.25, -0.2) is 9.97 Å². The van der Waals surface area contributed by atoms with Crippen LogP contribution in [0.5, 0.6) is 0 Å². The molecule has 0 atom stereocenters. The Morgan fingerprint density at radius 1 is 0.778 bits per heavy atom. The Hall–Kier alpha value is -2.22. The molecule has 0 bridgehead atoms. The second-order valence-corrected chi connectivity index (χ2v) is 4.33. The molecule has 0 fully saturated rings. The van der Waals surface area contributed by atoms with Crippen LogP contribution in [-0.2, 0) is 12.8 Å². The highest BCUT2D eigenvalue weighted by molar-refractivity contribution is 5.77. The number of aromatic nitrogens is 2. The standard InChI is InChI=1S/C16H14N2/c1-2-6-13(7-3-1)10-11-16-17-12-14-8-4-5-9-15(14)18-16/h1-9,12H,10-11H2. The molecule has 3 aromatic rings. The van der Waals surface area contributed by atoms with Crippen molar-refractivity contribution < 1.29 is 0 Å². The van der Waals surface area contributed by atoms with Crippen molar-refractivity contribution >= 4 is 10.9 Å². The third-order valence-corrected chi connectivity index (χ3v) is 3.02. The summed E-state index contributed by atoms with van der Waals surface area (Å²) >= 11 is 0. The van der Waals surface area contributed by atoms with Crippen molar-refractivity contribution in [1.82, 2.24) is 9.97 Å². The van der Waals surface area contributed by atoms with E-state index in [4.69, 9.17) is 0 Å². The average Bonchev–Trinajstić information content (AvgIpc) is 2.46. The van der Waals surface area contributed by atoms with Gasteiger partial charge in [-0.1, -0.05) is 48.5 Å². The molecule has 0 radical (unpaired) electrons. The second-order valence-electron chi connectivity index (χ2n) is 4.33. The van der Waals surface area contributed by atoms with E-state index in [9.17, 15) is 0 Å². The van der Waals surface area contributed by atoms with E-state index < -0.39 is 0 Å². The van der Waals surface area contributed by atoms with Crippen molar-refractivity contribution in [3.63, 3.8) is 0 Å². The zero-order chi connectivity index (χ0) is 12.2. The van der Waals surface area contributed by atoms with Crippen LogP contribution in [0.25, 0.3) is 10.9 Å². The van der Waals surface area contributed by atoms with Gasteiger partial charge in [-0.05, 0) is 18.1 Å². The average molecular weight is 234 g/mol. The molecule has 3 rings (SSSR count). The summed E-state index contributed by atoms with van der Waals surface area (Å²) in [6.07, 6.45) is 3.77. The summed E-state index contributed by atoms with van der Waals surface area (Å²) in [5, 5.41) is 1.10. The lowest BCUT2D eigenvalue weighted by atomic mass is 10.1. The number of benzene rings is 2. The Balaban J connectivity index is 1.79. The van der Waals surface area contributed by atoms with Gasteiger partial charge in [0.15, 0.2) is 0 Å². The van der Waals surface area contributed by atoms with Gasteiger partial charge in [0.1, 0.15) is 5.82 Å². The van der Waals surface area contributed by atoms with Crippen molar-refractivity contribution in [3.8, 4) is 0 Å². The monoisotopic (exact) mass is 234 g/mol. The van der Waals surface area contributed by atoms with E-state index in [0.29, 0.717) is 0 Å². The van der Waals surface area contributed by atoms with Crippen LogP contribution in [0, 0.1) is 0 Å². The van der Waals surface area contributed by atoms with Crippen LogP contribution in [0.2, 0.25) is 0 Å². The molecule has 1 aromatic heterocycles. The molecule has 0 saturated heterocycles. The Morgan fingerprint density at radius 2 is 1.56 bits per heavy atom. The highest BCUT2D eigenvalue weighted by atomic mass is 14.9. The van der Waals surface area contributed by atoms with E-state index in [2.05, 4.69) is 34.2 Å². The molecule has 2 heteroatoms. The largest absolute Gasteiger partial charge is 0.241 e. The third kappa shape index (κ3) is 2.38. The highest BCUT2D eigenvalue weighted by Crippen LogP contribution is 2.11. The lowest BCUT2D eigenvalue weighted by molar-refractivity contribution is 0.869. The van der Waals surface area contributed by atoms with Crippen molar-refractivity contribution in [2.75, 3.05) is 0 Å². The van der Waals surface area contributed by atoms with Gasteiger partial charge < -0.3 is 0 Å². The second kappa shape index (κ2) is 4.96. The normalized spacial score (nSPS) is 10.7. The first-order chi connectivity index (χ1) is 8.92. The minimum absolute atomic E-state index is 0.884. The fourth-order valence-electron chi connectivity index (χ4n) is 2.03. The van der Waals surface area contributed by atoms with Gasteiger partial charge in [0.05, 0.1) is 5.52 Å². The lowest BCUT2D eigenvalue weighted by Gasteiger charge is -2.02. The predicted molar refractivity (Wildman–Crippen MR) is 73.4 cm³/mol. The molecular formula is C16H14N2. The topological polar surface area (TPSA) is 25.8 Å². The molecule has 2 nitrogen and oxygen atoms in total. The van der Waals surface area contributed by atoms with Crippen LogP contribution >= 0.6 is 0 Å². The quantitative estimate of drug-likeness (QED) is 0.694. The molecule has 0 aliphatic carbocycles. The van der Waals surface area contributed by atoms with Gasteiger partial charge >= 0.3 is 0 Å². The molecular weight excluding hydrogens is 220 g/mol. The van der Waals surface area contributed by atoms with Crippen LogP contribution < -0.4 is 0 Å². The van der Waals surface area contributed by atoms with E-state index in [-0.39, 0.29) is 0 Å². The van der Waals surface area contributed by atoms with Crippen LogP contribution in [0.15, 0.2) is 60.8 Å². The Morgan fingerprint density at radius 3 is 2.44 bits per heavy atom. The maximum absolute atomic E-state index is 4.58. The number of rotatable bonds is 3. The zero-order valence-electron chi connectivity index (χ0n) is 10.1. The molecule has 1 heterocycles. The summed E-state index contributed by atoms with van der Waals surface area (Å²) in [6, 6.07) is 18.5. The summed E-state index contributed by atoms with van der Waals surface area (Å²) in [6.45, 7) is 0. The molecule has 0 aliphatic heterocycles. The molecule has 0 amide bonds. The minimum atomic E-state index is 0.884. The van der Waals surface area contributed by atoms with Crippen molar-refractivity contribution in [2.24, 2.45) is 0 Å². The summed E-state index contributed by atoms with van der Waals surface area (Å²) in [4.78, 5) is 8.99. The van der Waals surface area contributed by atoms with Crippen LogP contribution in [0.1, 0.15) is 11.4 Å². The molecule has 0 aliphatic rings. The fourth-order valence-corrected chi connectivity index (χ4v) is 2.03. The van der Waals surface area contributed by atoms with Gasteiger partial charge in [-0.3, -0.25) is 0 Å². The summed E-state index contributed by atoms with van der Waals surface area (Å²) < 4.78 is 0. The van der Waals surface area contributed by atoms with Gasteiger partial charge in [-0.2, -0.15) is 0 Å². The first-order valence-electron chi connectivity index (χ1n) is 6.16. The summed E-state index contributed by atoms with van der Waals surface area (Å²) in [5.74, 6) is 0.914. The Kier molecular flexibility index (Phi) is 3.01. The zero-order valence-corrected chi connectivity index (χ0v) is 10.1. The number of hydrogen-bond acceptors (Lipinski definition) is 2. The van der Waals surface area contributed by atoms with Crippen molar-refractivity contribution in [1.29, 1.82) is 0 Å². The highest BCUT2D eigenvalue weighted by Gasteiger charge is 2.00. The molecule has 0 N–H and O–H groups in total. The molecule has 0 saturated carbocycles. The molecule has 0 spiro atoms. The van der Waals surface area contributed by atoms with E-state index in [1.54, 1.807) is 0 Å². The van der Waals surface area contributed by atoms with E-state index in [1.807, 2.05) is 36.5 Å². The SMILES string of the molecule is c1ccc(CCc2ncc3ccccc3n2)cc1. The third-order valence-electron chi connectivity index (χ3n) is 3.02. The van der Waals surface area contributed by atoms with Gasteiger partial charge in [0.25, 0.3) is 0 Å². The number of fused-ring (bicyclic) bond motifs is 1. The maximum Gasteiger partial charge on any atom is 0.129 e. The molecule has 2 aromatic carbocycles. The van der Waals surface area contributed by atoms with Crippen molar-refractivity contribution in [3.05, 3.63) is 72.2 Å². The first-order valence-corrected chi connectivity index (χ1v) is 6.16. The number of hydrogen-bond donors (Lipinski definition) is 0. The summed E-state index contributed by atoms with van der Waals surface area (Å²) in [7, 11) is 0. The van der Waals surface area contributed by atoms with E-state index in [1.165, 1.54) is 5.56 Å².